The lowest BCUT2D eigenvalue weighted by Crippen LogP contribution is -2.79. The minimum atomic E-state index is -5.34. The van der Waals surface area contributed by atoms with Crippen molar-refractivity contribution < 1.29 is 75.7 Å². The maximum absolute atomic E-state index is 14.4. The summed E-state index contributed by atoms with van der Waals surface area (Å²) in [6.07, 6.45) is -15.0. The van der Waals surface area contributed by atoms with Crippen molar-refractivity contribution in [1.29, 1.82) is 0 Å². The van der Waals surface area contributed by atoms with Gasteiger partial charge in [0.05, 0.1) is 24.2 Å². The number of fused-ring (bicyclic) bond motifs is 8. The fourth-order valence-corrected chi connectivity index (χ4v) is 10.7. The average molecular weight is 867 g/mol. The molecule has 0 aromatic heterocycles. The largest absolute Gasteiger partial charge is 0.456 e. The third-order valence-electron chi connectivity index (χ3n) is 13.8. The van der Waals surface area contributed by atoms with Crippen LogP contribution in [0.2, 0.25) is 0 Å². The van der Waals surface area contributed by atoms with E-state index >= 15 is 0 Å². The maximum Gasteiger partial charge on any atom is 0.411 e. The molecule has 338 valence electrons. The molecule has 3 aliphatic heterocycles. The normalized spacial score (nSPS) is 36.5. The van der Waals surface area contributed by atoms with E-state index in [-0.39, 0.29) is 12.2 Å². The van der Waals surface area contributed by atoms with Gasteiger partial charge < -0.3 is 48.7 Å². The molecule has 5 fully saturated rings. The quantitative estimate of drug-likeness (QED) is 0.180. The molecule has 0 unspecified atom stereocenters. The first-order chi connectivity index (χ1) is 28.3. The minimum Gasteiger partial charge on any atom is -0.456 e. The Morgan fingerprint density at radius 3 is 2.26 bits per heavy atom. The van der Waals surface area contributed by atoms with Gasteiger partial charge in [-0.25, -0.2) is 14.4 Å². The van der Waals surface area contributed by atoms with Crippen molar-refractivity contribution in [3.63, 3.8) is 0 Å². The van der Waals surface area contributed by atoms with E-state index in [9.17, 15) is 42.6 Å². The van der Waals surface area contributed by atoms with Crippen molar-refractivity contribution in [1.82, 2.24) is 10.2 Å². The second-order valence-corrected chi connectivity index (χ2v) is 19.1. The van der Waals surface area contributed by atoms with Gasteiger partial charge in [-0.15, -0.1) is 0 Å². The molecule has 3 heterocycles. The highest BCUT2D eigenvalue weighted by atomic mass is 19.4. The first-order valence-corrected chi connectivity index (χ1v) is 20.8. The van der Waals surface area contributed by atoms with E-state index in [2.05, 4.69) is 4.90 Å². The van der Waals surface area contributed by atoms with Gasteiger partial charge in [0, 0.05) is 30.7 Å². The molecule has 61 heavy (non-hydrogen) atoms. The van der Waals surface area contributed by atoms with Crippen LogP contribution in [0.25, 0.3) is 0 Å². The Kier molecular flexibility index (Phi) is 11.7. The van der Waals surface area contributed by atoms with Gasteiger partial charge in [-0.3, -0.25) is 9.69 Å². The van der Waals surface area contributed by atoms with Crippen LogP contribution in [0.15, 0.2) is 41.5 Å². The average Bonchev–Trinajstić information content (AvgIpc) is 3.54. The van der Waals surface area contributed by atoms with E-state index in [0.717, 1.165) is 19.5 Å². The van der Waals surface area contributed by atoms with Crippen LogP contribution in [0, 0.1) is 16.7 Å². The molecule has 3 aliphatic carbocycles. The van der Waals surface area contributed by atoms with Crippen LogP contribution in [-0.4, -0.2) is 137 Å². The highest BCUT2D eigenvalue weighted by Gasteiger charge is 2.77. The van der Waals surface area contributed by atoms with Crippen LogP contribution in [0.3, 0.4) is 0 Å². The number of carbonyl (C=O) groups excluding carboxylic acids is 4. The van der Waals surface area contributed by atoms with Crippen LogP contribution in [0.4, 0.5) is 18.0 Å². The second kappa shape index (κ2) is 15.8. The fourth-order valence-electron chi connectivity index (χ4n) is 10.7. The predicted molar refractivity (Wildman–Crippen MR) is 206 cm³/mol. The lowest BCUT2D eigenvalue weighted by Gasteiger charge is -2.68. The Morgan fingerprint density at radius 1 is 1.03 bits per heavy atom. The van der Waals surface area contributed by atoms with Crippen LogP contribution < -0.4 is 5.32 Å². The highest BCUT2D eigenvalue weighted by Crippen LogP contribution is 2.66. The van der Waals surface area contributed by atoms with E-state index in [1.807, 2.05) is 6.92 Å². The highest BCUT2D eigenvalue weighted by molar-refractivity contribution is 5.89. The summed E-state index contributed by atoms with van der Waals surface area (Å²) in [6.45, 7) is 14.4. The number of esters is 3. The number of halogens is 3. The number of alkyl halides is 3. The van der Waals surface area contributed by atoms with Crippen molar-refractivity contribution in [2.24, 2.45) is 16.7 Å². The Morgan fingerprint density at radius 2 is 1.70 bits per heavy atom. The number of nitrogens with one attached hydrogen (secondary N) is 1. The molecule has 1 aromatic carbocycles. The lowest BCUT2D eigenvalue weighted by atomic mass is 9.45. The zero-order chi connectivity index (χ0) is 44.7. The summed E-state index contributed by atoms with van der Waals surface area (Å²) in [5, 5.41) is 26.2. The standard InChI is InChI=1S/C43H57F3N2O13/c1-22-25(56-36(52)29(50)32(43(44,45)46)47-37(53)61-38(3,4)5)19-42(54)34(59-35(51)24-13-10-9-11-14-24)31-40(8,16-15-26-41(31,21-55-26)60-23(2)49)33-30(28(22)39(42,6)7)57-27(58-33)20-48-17-12-18-48/h9-11,13-14,25-27,29-34,50,54H,12,15-21H2,1-8H3,(H,47,53)/t25-,26+,27+,29+,30+,31-,32+,33+,34-,40+,41-,42+/m0/s1. The lowest BCUT2D eigenvalue weighted by molar-refractivity contribution is -0.345. The summed E-state index contributed by atoms with van der Waals surface area (Å²) in [6, 6.07) is 4.91. The number of amides is 1. The minimum absolute atomic E-state index is 0.112. The third-order valence-corrected chi connectivity index (χ3v) is 13.8. The number of aliphatic hydroxyl groups is 2. The van der Waals surface area contributed by atoms with Gasteiger partial charge in [0.2, 0.25) is 0 Å². The predicted octanol–water partition coefficient (Wildman–Crippen LogP) is 4.36. The van der Waals surface area contributed by atoms with Gasteiger partial charge in [-0.2, -0.15) is 13.2 Å². The van der Waals surface area contributed by atoms with Gasteiger partial charge in [0.15, 0.2) is 24.0 Å². The summed E-state index contributed by atoms with van der Waals surface area (Å²) < 4.78 is 86.6. The second-order valence-electron chi connectivity index (χ2n) is 19.1. The maximum atomic E-state index is 14.4. The molecular formula is C43H57F3N2O13. The van der Waals surface area contributed by atoms with Gasteiger partial charge in [0.1, 0.15) is 35.6 Å². The molecule has 18 heteroatoms. The summed E-state index contributed by atoms with van der Waals surface area (Å²) in [5.41, 5.74) is -6.55. The van der Waals surface area contributed by atoms with Gasteiger partial charge >= 0.3 is 30.2 Å². The van der Waals surface area contributed by atoms with Gasteiger partial charge in [-0.05, 0) is 83.3 Å². The number of aliphatic hydroxyl groups excluding tert-OH is 1. The fraction of sp³-hybridized carbons (Fsp3) is 0.721. The van der Waals surface area contributed by atoms with E-state index < -0.39 is 119 Å². The monoisotopic (exact) mass is 866 g/mol. The van der Waals surface area contributed by atoms with E-state index in [0.29, 0.717) is 30.5 Å². The Hall–Kier alpha value is -3.81. The number of benzene rings is 1. The van der Waals surface area contributed by atoms with Gasteiger partial charge in [-0.1, -0.05) is 39.0 Å². The molecule has 1 aromatic rings. The summed E-state index contributed by atoms with van der Waals surface area (Å²) in [5.74, 6) is -4.29. The molecule has 2 bridgehead atoms. The molecule has 2 saturated carbocycles. The Balaban J connectivity index is 1.37. The van der Waals surface area contributed by atoms with Crippen molar-refractivity contribution in [3.05, 3.63) is 47.0 Å². The summed E-state index contributed by atoms with van der Waals surface area (Å²) in [7, 11) is 0. The van der Waals surface area contributed by atoms with E-state index in [1.54, 1.807) is 44.3 Å². The molecule has 7 rings (SSSR count). The van der Waals surface area contributed by atoms with Crippen LogP contribution in [0.5, 0.6) is 0 Å². The Bertz CT molecular complexity index is 1920. The van der Waals surface area contributed by atoms with Crippen LogP contribution in [-0.2, 0) is 42.7 Å². The smallest absolute Gasteiger partial charge is 0.411 e. The van der Waals surface area contributed by atoms with Crippen molar-refractivity contribution >= 4 is 24.0 Å². The molecule has 15 nitrogen and oxygen atoms in total. The number of ether oxygens (including phenoxy) is 7. The molecule has 12 atom stereocenters. The van der Waals surface area contributed by atoms with Crippen molar-refractivity contribution in [2.45, 2.75) is 153 Å². The summed E-state index contributed by atoms with van der Waals surface area (Å²) in [4.78, 5) is 55.8. The number of hydrogen-bond acceptors (Lipinski definition) is 14. The van der Waals surface area contributed by atoms with Crippen LogP contribution in [0.1, 0.15) is 91.4 Å². The number of likely N-dealkylation sites (tertiary alicyclic amines) is 1. The van der Waals surface area contributed by atoms with E-state index in [4.69, 9.17) is 33.2 Å². The topological polar surface area (TPSA) is 189 Å². The number of hydrogen-bond donors (Lipinski definition) is 3. The van der Waals surface area contributed by atoms with Crippen LogP contribution >= 0.6 is 0 Å². The number of nitrogens with zero attached hydrogens (tertiary/aromatic N) is 1. The SMILES string of the molecule is CC(=O)O[C@@]12CO[C@@H]1CC[C@@]1(C)[C@@H]3O[C@H](CN4CCC4)O[C@@H]3C3=C(C)[C@@H](OC(=O)[C@H](O)[C@@H](NC(=O)OC(C)(C)C)C(F)(F)F)C[C@@](O)([C@@H](OC(=O)c4ccccc4)[C@@H]12)C3(C)C. The molecule has 3 N–H and O–H groups in total. The van der Waals surface area contributed by atoms with Gasteiger partial charge in [0.25, 0.3) is 0 Å². The van der Waals surface area contributed by atoms with E-state index in [1.165, 1.54) is 39.8 Å². The first-order valence-electron chi connectivity index (χ1n) is 20.8. The Labute approximate surface area is 352 Å². The molecular weight excluding hydrogens is 809 g/mol. The number of carbonyl (C=O) groups is 4. The van der Waals surface area contributed by atoms with Crippen molar-refractivity contribution in [2.75, 3.05) is 26.2 Å². The molecule has 0 radical (unpaired) electrons. The molecule has 6 aliphatic rings. The molecule has 0 spiro atoms. The number of rotatable bonds is 9. The third kappa shape index (κ3) is 7.94. The molecule has 3 saturated heterocycles. The first kappa shape index (κ1) is 45.2. The zero-order valence-electron chi connectivity index (χ0n) is 35.7. The summed E-state index contributed by atoms with van der Waals surface area (Å²) >= 11 is 0. The van der Waals surface area contributed by atoms with Crippen molar-refractivity contribution in [3.8, 4) is 0 Å². The number of alkyl carbamates (subject to hydrolysis) is 1. The molecule has 1 amide bonds. The zero-order valence-corrected chi connectivity index (χ0v) is 35.7.